The Labute approximate surface area is 88.8 Å². The molecule has 78 valence electrons. The molecule has 0 aromatic carbocycles. The van der Waals surface area contributed by atoms with Crippen LogP contribution in [-0.4, -0.2) is 4.37 Å². The summed E-state index contributed by atoms with van der Waals surface area (Å²) in [6.07, 6.45) is 1.25. The summed E-state index contributed by atoms with van der Waals surface area (Å²) in [6.45, 7) is 6.59. The first-order chi connectivity index (χ1) is 6.54. The number of nitrogens with one attached hydrogen (secondary N) is 1. The molecule has 0 spiro atoms. The largest absolute Gasteiger partial charge is 0.271 e. The summed E-state index contributed by atoms with van der Waals surface area (Å²) in [6, 6.07) is 2.42. The lowest BCUT2D eigenvalue weighted by molar-refractivity contribution is 0.428. The highest BCUT2D eigenvalue weighted by molar-refractivity contribution is 7.05. The van der Waals surface area contributed by atoms with Gasteiger partial charge in [-0.25, -0.2) is 0 Å². The number of nitrogens with zero attached hydrogens (tertiary/aromatic N) is 1. The van der Waals surface area contributed by atoms with Gasteiger partial charge in [0.1, 0.15) is 0 Å². The predicted octanol–water partition coefficient (Wildman–Crippen LogP) is 2.00. The van der Waals surface area contributed by atoms with E-state index in [2.05, 4.69) is 29.7 Å². The Hall–Kier alpha value is -0.450. The Bertz CT molecular complexity index is 332. The first-order valence-electron chi connectivity index (χ1n) is 4.94. The highest BCUT2D eigenvalue weighted by Gasteiger charge is 2.50. The molecule has 0 aliphatic heterocycles. The Morgan fingerprint density at radius 1 is 1.71 bits per heavy atom. The van der Waals surface area contributed by atoms with E-state index in [1.54, 1.807) is 11.5 Å². The average molecular weight is 211 g/mol. The molecule has 3 nitrogen and oxygen atoms in total. The molecule has 2 rings (SSSR count). The molecule has 1 aliphatic carbocycles. The van der Waals surface area contributed by atoms with Gasteiger partial charge in [0, 0.05) is 4.88 Å². The molecule has 4 heteroatoms. The summed E-state index contributed by atoms with van der Waals surface area (Å²) in [7, 11) is 0. The highest BCUT2D eigenvalue weighted by Crippen LogP contribution is 2.57. The summed E-state index contributed by atoms with van der Waals surface area (Å²) in [5.74, 6) is 6.26. The van der Waals surface area contributed by atoms with Crippen molar-refractivity contribution in [2.75, 3.05) is 0 Å². The van der Waals surface area contributed by atoms with E-state index in [4.69, 9.17) is 5.84 Å². The molecule has 2 unspecified atom stereocenters. The van der Waals surface area contributed by atoms with Crippen LogP contribution in [-0.2, 0) is 0 Å². The van der Waals surface area contributed by atoms with E-state index in [1.807, 2.05) is 6.92 Å². The zero-order valence-electron chi connectivity index (χ0n) is 8.87. The van der Waals surface area contributed by atoms with E-state index in [9.17, 15) is 0 Å². The van der Waals surface area contributed by atoms with Gasteiger partial charge in [-0.1, -0.05) is 13.8 Å². The van der Waals surface area contributed by atoms with E-state index in [0.717, 1.165) is 5.69 Å². The molecule has 3 N–H and O–H groups in total. The third kappa shape index (κ3) is 1.69. The first kappa shape index (κ1) is 10.1. The molecule has 1 aliphatic rings. The molecule has 0 amide bonds. The maximum Gasteiger partial charge on any atom is 0.0602 e. The van der Waals surface area contributed by atoms with E-state index < -0.39 is 0 Å². The Morgan fingerprint density at radius 2 is 2.36 bits per heavy atom. The molecule has 0 saturated heterocycles. The van der Waals surface area contributed by atoms with Crippen LogP contribution in [0.25, 0.3) is 0 Å². The molecular weight excluding hydrogens is 194 g/mol. The maximum atomic E-state index is 5.60. The van der Waals surface area contributed by atoms with Crippen molar-refractivity contribution in [3.63, 3.8) is 0 Å². The predicted molar refractivity (Wildman–Crippen MR) is 58.8 cm³/mol. The van der Waals surface area contributed by atoms with Crippen LogP contribution in [0.5, 0.6) is 0 Å². The number of hydrogen-bond donors (Lipinski definition) is 2. The van der Waals surface area contributed by atoms with E-state index >= 15 is 0 Å². The summed E-state index contributed by atoms with van der Waals surface area (Å²) in [4.78, 5) is 1.26. The normalized spacial score (nSPS) is 26.1. The second kappa shape index (κ2) is 3.29. The van der Waals surface area contributed by atoms with Crippen molar-refractivity contribution in [1.29, 1.82) is 0 Å². The van der Waals surface area contributed by atoms with E-state index in [0.29, 0.717) is 11.3 Å². The lowest BCUT2D eigenvalue weighted by Crippen LogP contribution is -2.30. The molecule has 1 fully saturated rings. The van der Waals surface area contributed by atoms with Crippen LogP contribution in [0, 0.1) is 18.3 Å². The molecule has 14 heavy (non-hydrogen) atoms. The minimum absolute atomic E-state index is 0.288. The van der Waals surface area contributed by atoms with Crippen LogP contribution < -0.4 is 11.3 Å². The molecule has 1 aromatic heterocycles. The van der Waals surface area contributed by atoms with Crippen LogP contribution >= 0.6 is 11.5 Å². The van der Waals surface area contributed by atoms with Crippen LogP contribution in [0.1, 0.15) is 36.9 Å². The lowest BCUT2D eigenvalue weighted by Gasteiger charge is -2.15. The number of aryl methyl sites for hydroxylation is 1. The van der Waals surface area contributed by atoms with E-state index in [1.165, 1.54) is 11.3 Å². The zero-order chi connectivity index (χ0) is 10.3. The van der Waals surface area contributed by atoms with Crippen molar-refractivity contribution in [1.82, 2.24) is 9.80 Å². The van der Waals surface area contributed by atoms with Crippen molar-refractivity contribution in [3.8, 4) is 0 Å². The summed E-state index contributed by atoms with van der Waals surface area (Å²) in [5.41, 5.74) is 4.45. The monoisotopic (exact) mass is 211 g/mol. The fraction of sp³-hybridized carbons (Fsp3) is 0.700. The van der Waals surface area contributed by atoms with Crippen LogP contribution in [0.3, 0.4) is 0 Å². The van der Waals surface area contributed by atoms with Crippen molar-refractivity contribution >= 4 is 11.5 Å². The van der Waals surface area contributed by atoms with Gasteiger partial charge in [-0.2, -0.15) is 4.37 Å². The Morgan fingerprint density at radius 3 is 2.71 bits per heavy atom. The fourth-order valence-corrected chi connectivity index (χ4v) is 2.87. The summed E-state index contributed by atoms with van der Waals surface area (Å²) >= 11 is 1.56. The zero-order valence-corrected chi connectivity index (χ0v) is 9.69. The summed E-state index contributed by atoms with van der Waals surface area (Å²) < 4.78 is 4.29. The SMILES string of the molecule is Cc1cc(C(NN)C2CC2(C)C)sn1. The quantitative estimate of drug-likeness (QED) is 0.594. The average Bonchev–Trinajstić information content (AvgIpc) is 2.56. The number of nitrogens with two attached hydrogens (primary N) is 1. The van der Waals surface area contributed by atoms with Crippen LogP contribution in [0.15, 0.2) is 6.07 Å². The van der Waals surface area contributed by atoms with Gasteiger partial charge in [0.05, 0.1) is 11.7 Å². The number of rotatable bonds is 3. The molecule has 1 aromatic rings. The third-order valence-corrected chi connectivity index (χ3v) is 4.09. The standard InChI is InChI=1S/C10H17N3S/c1-6-4-8(14-13-6)9(12-11)7-5-10(7,2)3/h4,7,9,12H,5,11H2,1-3H3. The minimum Gasteiger partial charge on any atom is -0.271 e. The van der Waals surface area contributed by atoms with Crippen molar-refractivity contribution in [2.24, 2.45) is 17.2 Å². The second-order valence-electron chi connectivity index (χ2n) is 4.81. The molecule has 0 radical (unpaired) electrons. The molecule has 1 heterocycles. The van der Waals surface area contributed by atoms with E-state index in [-0.39, 0.29) is 6.04 Å². The van der Waals surface area contributed by atoms with Gasteiger partial charge in [-0.15, -0.1) is 0 Å². The molecule has 0 bridgehead atoms. The minimum atomic E-state index is 0.288. The fourth-order valence-electron chi connectivity index (χ4n) is 2.00. The molecule has 1 saturated carbocycles. The van der Waals surface area contributed by atoms with Crippen LogP contribution in [0.4, 0.5) is 0 Å². The number of hydrazine groups is 1. The first-order valence-corrected chi connectivity index (χ1v) is 5.71. The van der Waals surface area contributed by atoms with Gasteiger partial charge >= 0.3 is 0 Å². The maximum absolute atomic E-state index is 5.60. The van der Waals surface area contributed by atoms with Gasteiger partial charge in [-0.05, 0) is 42.3 Å². The number of hydrogen-bond acceptors (Lipinski definition) is 4. The Balaban J connectivity index is 2.15. The highest BCUT2D eigenvalue weighted by atomic mass is 32.1. The van der Waals surface area contributed by atoms with Gasteiger partial charge in [0.2, 0.25) is 0 Å². The molecular formula is C10H17N3S. The Kier molecular flexibility index (Phi) is 2.37. The van der Waals surface area contributed by atoms with Gasteiger partial charge in [0.25, 0.3) is 0 Å². The van der Waals surface area contributed by atoms with Crippen LogP contribution in [0.2, 0.25) is 0 Å². The number of aromatic nitrogens is 1. The van der Waals surface area contributed by atoms with Crippen molar-refractivity contribution < 1.29 is 0 Å². The van der Waals surface area contributed by atoms with Gasteiger partial charge in [-0.3, -0.25) is 11.3 Å². The van der Waals surface area contributed by atoms with Gasteiger partial charge in [0.15, 0.2) is 0 Å². The molecule has 2 atom stereocenters. The lowest BCUT2D eigenvalue weighted by atomic mass is 10.0. The topological polar surface area (TPSA) is 50.9 Å². The third-order valence-electron chi connectivity index (χ3n) is 3.12. The van der Waals surface area contributed by atoms with Gasteiger partial charge < -0.3 is 0 Å². The summed E-state index contributed by atoms with van der Waals surface area (Å²) in [5, 5.41) is 0. The smallest absolute Gasteiger partial charge is 0.0602 e. The van der Waals surface area contributed by atoms with Crippen molar-refractivity contribution in [3.05, 3.63) is 16.6 Å². The second-order valence-corrected chi connectivity index (χ2v) is 5.65. The van der Waals surface area contributed by atoms with Crippen molar-refractivity contribution in [2.45, 2.75) is 33.2 Å².